The lowest BCUT2D eigenvalue weighted by molar-refractivity contribution is -0.385. The Balaban J connectivity index is 0.000000179. The quantitative estimate of drug-likeness (QED) is 0.168. The van der Waals surface area contributed by atoms with Gasteiger partial charge in [0.15, 0.2) is 0 Å². The third-order valence-electron chi connectivity index (χ3n) is 7.32. The topological polar surface area (TPSA) is 213 Å². The molecule has 0 amide bonds. The molecule has 0 aromatic heterocycles. The van der Waals surface area contributed by atoms with Crippen molar-refractivity contribution in [2.24, 2.45) is 0 Å². The van der Waals surface area contributed by atoms with Crippen LogP contribution in [0.3, 0.4) is 0 Å². The molecule has 20 heteroatoms. The van der Waals surface area contributed by atoms with Crippen LogP contribution in [0.15, 0.2) is 36.4 Å². The number of nitro benzene ring substituents is 1. The number of nitrogens with two attached hydrogens (primary N) is 1. The summed E-state index contributed by atoms with van der Waals surface area (Å²) in [6, 6.07) is 6.34. The van der Waals surface area contributed by atoms with Crippen LogP contribution in [-0.2, 0) is 30.0 Å². The Kier molecular flexibility index (Phi) is 11.0. The molecule has 4 N–H and O–H groups in total. The second-order valence-electron chi connectivity index (χ2n) is 10.5. The van der Waals surface area contributed by atoms with Gasteiger partial charge in [0.25, 0.3) is 26.1 Å². The fourth-order valence-electron chi connectivity index (χ4n) is 5.41. The number of hydrogen-bond acceptors (Lipinski definition) is 11. The minimum Gasteiger partial charge on any atom is -0.488 e. The molecule has 4 aliphatic rings. The normalized spacial score (nSPS) is 25.7. The lowest BCUT2D eigenvalue weighted by Gasteiger charge is -2.19. The number of carbonyl (C=O) groups excluding carboxylic acids is 1. The summed E-state index contributed by atoms with van der Waals surface area (Å²) in [6.07, 6.45) is 0.292. The van der Waals surface area contributed by atoms with Crippen molar-refractivity contribution in [1.82, 2.24) is 18.1 Å². The highest BCUT2D eigenvalue weighted by molar-refractivity contribution is 7.87. The van der Waals surface area contributed by atoms with E-state index >= 15 is 0 Å². The predicted octanol–water partition coefficient (Wildman–Crippen LogP) is 1.05. The molecule has 6 rings (SSSR count). The third-order valence-corrected chi connectivity index (χ3v) is 10.5. The molecule has 0 spiro atoms. The maximum absolute atomic E-state index is 13.4. The molecular weight excluding hydrogens is 658 g/mol. The van der Waals surface area contributed by atoms with Crippen LogP contribution >= 0.6 is 0 Å². The van der Waals surface area contributed by atoms with Crippen LogP contribution < -0.4 is 24.7 Å². The first-order valence-electron chi connectivity index (χ1n) is 14.1. The lowest BCUT2D eigenvalue weighted by Crippen LogP contribution is -2.35. The van der Waals surface area contributed by atoms with Crippen LogP contribution in [0.25, 0.3) is 0 Å². The second-order valence-corrected chi connectivity index (χ2v) is 13.9. The van der Waals surface area contributed by atoms with Gasteiger partial charge in [-0.3, -0.25) is 14.9 Å². The average molecular weight is 693 g/mol. The molecule has 0 radical (unpaired) electrons. The Hall–Kier alpha value is -3.69. The molecule has 0 bridgehead atoms. The van der Waals surface area contributed by atoms with Crippen LogP contribution in [0.5, 0.6) is 11.5 Å². The molecule has 0 unspecified atom stereocenters. The number of nitrogens with zero attached hydrogens (tertiary/aromatic N) is 3. The van der Waals surface area contributed by atoms with E-state index in [2.05, 4.69) is 14.2 Å². The number of nitrogens with one attached hydrogen (secondary N) is 2. The van der Waals surface area contributed by atoms with E-state index in [1.54, 1.807) is 6.92 Å². The molecule has 2 aromatic rings. The van der Waals surface area contributed by atoms with E-state index in [9.17, 15) is 40.5 Å². The van der Waals surface area contributed by atoms with Gasteiger partial charge in [0.1, 0.15) is 35.3 Å². The Labute approximate surface area is 264 Å². The zero-order valence-corrected chi connectivity index (χ0v) is 26.4. The van der Waals surface area contributed by atoms with E-state index in [4.69, 9.17) is 15.2 Å². The Bertz CT molecular complexity index is 1650. The summed E-state index contributed by atoms with van der Waals surface area (Å²) >= 11 is 0. The molecule has 46 heavy (non-hydrogen) atoms. The first-order valence-corrected chi connectivity index (χ1v) is 17.0. The number of rotatable bonds is 6. The van der Waals surface area contributed by atoms with Gasteiger partial charge < -0.3 is 19.9 Å². The smallest absolute Gasteiger partial charge is 0.302 e. The summed E-state index contributed by atoms with van der Waals surface area (Å²) in [5.41, 5.74) is 5.42. The summed E-state index contributed by atoms with van der Waals surface area (Å²) < 4.78 is 96.3. The standard InChI is InChI=1S/C11H12FN3O5S.C11H14FN3O3S.C4H8O2/c12-7-3-8(15(16)17)5-9(4-7)20-11-1-2-14-10(11)6-13-21(14,18)19;12-7-3-8(13)5-9(4-7)18-11-1-2-15-10(11)6-14-19(15,16)17;1-3-6-4(2)5/h3-5,10-11,13H,1-2,6H2;3-5,10-11,14H,1-2,6,13H2;3H2,1-2H3/t2*10-,11+;/m11./s1. The molecule has 4 fully saturated rings. The highest BCUT2D eigenvalue weighted by Crippen LogP contribution is 2.31. The SMILES string of the molecule is CCOC(C)=O.Nc1cc(F)cc(O[C@H]2CCN3[C@@H]2CNS3(=O)=O)c1.O=[N+]([O-])c1cc(F)cc(O[C@H]2CCN3[C@@H]2CNS3(=O)=O)c1. The first-order chi connectivity index (χ1) is 21.6. The zero-order chi connectivity index (χ0) is 33.8. The molecule has 0 aliphatic carbocycles. The van der Waals surface area contributed by atoms with Gasteiger partial charge in [-0.1, -0.05) is 0 Å². The summed E-state index contributed by atoms with van der Waals surface area (Å²) in [5.74, 6) is -1.10. The van der Waals surface area contributed by atoms with Crippen LogP contribution in [0, 0.1) is 21.7 Å². The van der Waals surface area contributed by atoms with E-state index in [-0.39, 0.29) is 42.1 Å². The number of esters is 1. The summed E-state index contributed by atoms with van der Waals surface area (Å²) in [7, 11) is -6.82. The molecule has 0 saturated carbocycles. The van der Waals surface area contributed by atoms with E-state index in [1.165, 1.54) is 33.7 Å². The van der Waals surface area contributed by atoms with E-state index < -0.39 is 48.8 Å². The Morgan fingerprint density at radius 2 is 1.39 bits per heavy atom. The van der Waals surface area contributed by atoms with Gasteiger partial charge in [0.2, 0.25) is 0 Å². The van der Waals surface area contributed by atoms with E-state index in [0.29, 0.717) is 44.8 Å². The summed E-state index contributed by atoms with van der Waals surface area (Å²) in [4.78, 5) is 19.8. The number of hydrogen-bond donors (Lipinski definition) is 3. The molecule has 4 heterocycles. The summed E-state index contributed by atoms with van der Waals surface area (Å²) in [6.45, 7) is 4.90. The second kappa shape index (κ2) is 14.4. The van der Waals surface area contributed by atoms with Crippen molar-refractivity contribution in [1.29, 1.82) is 0 Å². The van der Waals surface area contributed by atoms with Crippen molar-refractivity contribution >= 4 is 37.8 Å². The molecule has 2 aromatic carbocycles. The fraction of sp³-hybridized carbons (Fsp3) is 0.500. The monoisotopic (exact) mass is 692 g/mol. The number of carbonyl (C=O) groups is 1. The van der Waals surface area contributed by atoms with Crippen LogP contribution in [0.1, 0.15) is 26.7 Å². The fourth-order valence-corrected chi connectivity index (χ4v) is 8.33. The number of ether oxygens (including phenoxy) is 3. The number of non-ortho nitro benzene ring substituents is 1. The van der Waals surface area contributed by atoms with Crippen molar-refractivity contribution in [3.63, 3.8) is 0 Å². The van der Waals surface area contributed by atoms with Crippen molar-refractivity contribution in [2.45, 2.75) is 51.0 Å². The van der Waals surface area contributed by atoms with Gasteiger partial charge >= 0.3 is 5.97 Å². The largest absolute Gasteiger partial charge is 0.488 e. The van der Waals surface area contributed by atoms with Gasteiger partial charge in [-0.15, -0.1) is 0 Å². The predicted molar refractivity (Wildman–Crippen MR) is 159 cm³/mol. The molecule has 4 aliphatic heterocycles. The van der Waals surface area contributed by atoms with Gasteiger partial charge in [-0.25, -0.2) is 18.2 Å². The highest BCUT2D eigenvalue weighted by atomic mass is 32.2. The number of nitrogen functional groups attached to an aromatic ring is 1. The van der Waals surface area contributed by atoms with Crippen molar-refractivity contribution < 1.29 is 49.5 Å². The Morgan fingerprint density at radius 1 is 0.913 bits per heavy atom. The highest BCUT2D eigenvalue weighted by Gasteiger charge is 2.48. The maximum Gasteiger partial charge on any atom is 0.302 e. The Morgan fingerprint density at radius 3 is 1.80 bits per heavy atom. The van der Waals surface area contributed by atoms with Gasteiger partial charge in [0.05, 0.1) is 35.7 Å². The number of halogens is 2. The van der Waals surface area contributed by atoms with Gasteiger partial charge in [0, 0.05) is 57.0 Å². The number of benzene rings is 2. The number of fused-ring (bicyclic) bond motifs is 2. The van der Waals surface area contributed by atoms with E-state index in [0.717, 1.165) is 18.2 Å². The minimum atomic E-state index is -3.46. The number of anilines is 1. The average Bonchev–Trinajstić information content (AvgIpc) is 3.69. The molecule has 4 saturated heterocycles. The maximum atomic E-state index is 13.4. The molecule has 254 valence electrons. The van der Waals surface area contributed by atoms with Crippen LogP contribution in [-0.4, -0.2) is 93.4 Å². The molecule has 16 nitrogen and oxygen atoms in total. The first kappa shape index (κ1) is 35.2. The van der Waals surface area contributed by atoms with E-state index in [1.807, 2.05) is 0 Å². The van der Waals surface area contributed by atoms with Crippen LogP contribution in [0.2, 0.25) is 0 Å². The minimum absolute atomic E-state index is 0.0258. The number of nitro groups is 1. The van der Waals surface area contributed by atoms with Crippen LogP contribution in [0.4, 0.5) is 20.2 Å². The lowest BCUT2D eigenvalue weighted by atomic mass is 10.2. The summed E-state index contributed by atoms with van der Waals surface area (Å²) in [5, 5.41) is 10.7. The third kappa shape index (κ3) is 8.56. The molecular formula is C26H34F2N6O10S2. The van der Waals surface area contributed by atoms with Crippen molar-refractivity contribution in [3.8, 4) is 11.5 Å². The van der Waals surface area contributed by atoms with Crippen molar-refractivity contribution in [3.05, 3.63) is 58.1 Å². The van der Waals surface area contributed by atoms with Crippen molar-refractivity contribution in [2.75, 3.05) is 38.5 Å². The molecule has 4 atom stereocenters. The van der Waals surface area contributed by atoms with Gasteiger partial charge in [-0.05, 0) is 25.8 Å². The zero-order valence-electron chi connectivity index (χ0n) is 24.8. The van der Waals surface area contributed by atoms with Gasteiger partial charge in [-0.2, -0.15) is 25.4 Å².